The summed E-state index contributed by atoms with van der Waals surface area (Å²) in [7, 11) is 0. The smallest absolute Gasteiger partial charge is 0.483 e. The summed E-state index contributed by atoms with van der Waals surface area (Å²) in [5.74, 6) is -1.21. The molecule has 1 fully saturated rings. The highest BCUT2D eigenvalue weighted by molar-refractivity contribution is 6.32. The molecule has 11 nitrogen and oxygen atoms in total. The molecule has 0 aliphatic carbocycles. The average Bonchev–Trinajstić information content (AvgIpc) is 2.97. The molecule has 0 atom stereocenters. The minimum absolute atomic E-state index is 0.0350. The van der Waals surface area contributed by atoms with Gasteiger partial charge in [-0.25, -0.2) is 9.78 Å². The Morgan fingerprint density at radius 1 is 1.00 bits per heavy atom. The fourth-order valence-electron chi connectivity index (χ4n) is 4.36. The fourth-order valence-corrected chi connectivity index (χ4v) is 4.50. The van der Waals surface area contributed by atoms with Crippen LogP contribution in [0.3, 0.4) is 0 Å². The van der Waals surface area contributed by atoms with Gasteiger partial charge in [-0.2, -0.15) is 18.2 Å². The average molecular weight is 621 g/mol. The van der Waals surface area contributed by atoms with Crippen LogP contribution in [0.15, 0.2) is 48.7 Å². The summed E-state index contributed by atoms with van der Waals surface area (Å²) < 4.78 is 37.8. The second kappa shape index (κ2) is 13.6. The van der Waals surface area contributed by atoms with Crippen LogP contribution in [0, 0.1) is 0 Å². The quantitative estimate of drug-likeness (QED) is 0.389. The van der Waals surface area contributed by atoms with Crippen molar-refractivity contribution in [2.45, 2.75) is 25.9 Å². The van der Waals surface area contributed by atoms with Gasteiger partial charge in [0.2, 0.25) is 11.9 Å². The molecular formula is C28H28ClF3N6O5. The van der Waals surface area contributed by atoms with Crippen LogP contribution >= 0.6 is 11.6 Å². The number of nitrogens with zero attached hydrogens (tertiary/aromatic N) is 4. The predicted molar refractivity (Wildman–Crippen MR) is 152 cm³/mol. The van der Waals surface area contributed by atoms with Gasteiger partial charge in [0.25, 0.3) is 5.91 Å². The number of ether oxygens (including phenoxy) is 1. The van der Waals surface area contributed by atoms with E-state index >= 15 is 0 Å². The molecule has 2 aromatic carbocycles. The van der Waals surface area contributed by atoms with Gasteiger partial charge in [-0.15, -0.1) is 0 Å². The summed E-state index contributed by atoms with van der Waals surface area (Å²) in [5, 5.41) is 14.0. The van der Waals surface area contributed by atoms with Crippen molar-refractivity contribution < 1.29 is 37.4 Å². The van der Waals surface area contributed by atoms with Crippen LogP contribution in [0.1, 0.15) is 18.1 Å². The van der Waals surface area contributed by atoms with Crippen molar-refractivity contribution in [1.82, 2.24) is 19.8 Å². The van der Waals surface area contributed by atoms with Gasteiger partial charge in [0.15, 0.2) is 12.4 Å². The minimum atomic E-state index is -5.08. The Balaban J connectivity index is 0.000000541. The zero-order valence-corrected chi connectivity index (χ0v) is 23.7. The maximum Gasteiger partial charge on any atom is 0.490 e. The van der Waals surface area contributed by atoms with Crippen LogP contribution < -0.4 is 15.4 Å². The second-order valence-electron chi connectivity index (χ2n) is 9.64. The van der Waals surface area contributed by atoms with Gasteiger partial charge >= 0.3 is 12.1 Å². The third kappa shape index (κ3) is 8.70. The number of rotatable bonds is 3. The predicted octanol–water partition coefficient (Wildman–Crippen LogP) is 4.42. The first kappa shape index (κ1) is 31.3. The first-order valence-corrected chi connectivity index (χ1v) is 13.5. The van der Waals surface area contributed by atoms with E-state index in [4.69, 9.17) is 26.2 Å². The molecule has 6 bridgehead atoms. The van der Waals surface area contributed by atoms with E-state index in [0.29, 0.717) is 48.7 Å². The standard InChI is InChI=1S/C26H27ClN6O3.C2HF3O2/c1-17(34)32-9-11-33(12-10-32)24(35)16-36-23-8-7-21-14-19(23)6-5-18-3-2-4-20(13-18)30-26-28-15-22(27)25(29-21)31-26;3-2(4,5)1(6)7/h2-4,7-8,13-15H,5-6,9-12,16H2,1H3,(H2,28,29,30,31);(H,6,7). The van der Waals surface area contributed by atoms with Crippen molar-refractivity contribution in [1.29, 1.82) is 0 Å². The van der Waals surface area contributed by atoms with Crippen molar-refractivity contribution in [3.8, 4) is 5.75 Å². The molecule has 1 saturated heterocycles. The third-order valence-electron chi connectivity index (χ3n) is 6.60. The van der Waals surface area contributed by atoms with E-state index in [1.807, 2.05) is 30.3 Å². The highest BCUT2D eigenvalue weighted by atomic mass is 35.5. The van der Waals surface area contributed by atoms with E-state index in [-0.39, 0.29) is 18.4 Å². The number of carbonyl (C=O) groups excluding carboxylic acids is 2. The van der Waals surface area contributed by atoms with Gasteiger partial charge in [-0.1, -0.05) is 23.7 Å². The van der Waals surface area contributed by atoms with Crippen LogP contribution in [0.2, 0.25) is 5.02 Å². The number of alkyl halides is 3. The maximum atomic E-state index is 12.8. The summed E-state index contributed by atoms with van der Waals surface area (Å²) in [6.07, 6.45) is -2.02. The molecule has 3 aromatic rings. The van der Waals surface area contributed by atoms with E-state index in [1.165, 1.54) is 0 Å². The Morgan fingerprint density at radius 3 is 2.35 bits per heavy atom. The zero-order valence-electron chi connectivity index (χ0n) is 22.9. The lowest BCUT2D eigenvalue weighted by Gasteiger charge is -2.34. The van der Waals surface area contributed by atoms with E-state index in [2.05, 4.69) is 32.7 Å². The Bertz CT molecular complexity index is 1500. The zero-order chi connectivity index (χ0) is 31.1. The lowest BCUT2D eigenvalue weighted by molar-refractivity contribution is -0.192. The topological polar surface area (TPSA) is 137 Å². The fraction of sp³-hybridized carbons (Fsp3) is 0.321. The van der Waals surface area contributed by atoms with E-state index in [0.717, 1.165) is 35.3 Å². The molecule has 3 heterocycles. The number of nitrogens with one attached hydrogen (secondary N) is 2. The van der Waals surface area contributed by atoms with Gasteiger partial charge in [0.1, 0.15) is 10.8 Å². The van der Waals surface area contributed by atoms with E-state index in [1.54, 1.807) is 22.9 Å². The van der Waals surface area contributed by atoms with Crippen molar-refractivity contribution in [3.05, 3.63) is 64.8 Å². The van der Waals surface area contributed by atoms with Gasteiger partial charge in [0.05, 0.1) is 6.20 Å². The molecule has 0 radical (unpaired) electrons. The van der Waals surface area contributed by atoms with Crippen molar-refractivity contribution >= 4 is 52.5 Å². The van der Waals surface area contributed by atoms with Gasteiger partial charge in [0, 0.05) is 44.5 Å². The lowest BCUT2D eigenvalue weighted by Crippen LogP contribution is -2.51. The number of amides is 2. The SMILES string of the molecule is CC(=O)N1CCN(C(=O)COc2ccc3cc2CCc2cccc(c2)Nc2ncc(Cl)c(n2)N3)CC1.O=C(O)C(F)(F)F. The number of carbonyl (C=O) groups is 3. The first-order chi connectivity index (χ1) is 20.4. The van der Waals surface area contributed by atoms with Crippen LogP contribution in [0.4, 0.5) is 36.3 Å². The normalized spacial score (nSPS) is 14.3. The molecule has 5 rings (SSSR count). The van der Waals surface area contributed by atoms with Crippen LogP contribution in [-0.4, -0.2) is 81.6 Å². The Labute approximate surface area is 249 Å². The van der Waals surface area contributed by atoms with Gasteiger partial charge in [-0.3, -0.25) is 9.59 Å². The van der Waals surface area contributed by atoms with Gasteiger partial charge in [-0.05, 0) is 54.3 Å². The number of hydrogen-bond acceptors (Lipinski definition) is 8. The molecule has 3 N–H and O–H groups in total. The second-order valence-corrected chi connectivity index (χ2v) is 10.0. The molecule has 0 saturated carbocycles. The molecule has 2 aliphatic rings. The third-order valence-corrected chi connectivity index (χ3v) is 6.88. The number of fused-ring (bicyclic) bond motifs is 6. The molecule has 0 spiro atoms. The number of hydrogen-bond donors (Lipinski definition) is 3. The highest BCUT2D eigenvalue weighted by Crippen LogP contribution is 2.30. The van der Waals surface area contributed by atoms with Crippen LogP contribution in [-0.2, 0) is 27.2 Å². The minimum Gasteiger partial charge on any atom is -0.483 e. The molecular weight excluding hydrogens is 593 g/mol. The van der Waals surface area contributed by atoms with E-state index in [9.17, 15) is 22.8 Å². The molecule has 2 amide bonds. The number of aryl methyl sites for hydroxylation is 2. The number of aliphatic carboxylic acids is 1. The van der Waals surface area contributed by atoms with Crippen LogP contribution in [0.25, 0.3) is 0 Å². The molecule has 43 heavy (non-hydrogen) atoms. The number of aromatic nitrogens is 2. The van der Waals surface area contributed by atoms with Crippen molar-refractivity contribution in [3.63, 3.8) is 0 Å². The largest absolute Gasteiger partial charge is 0.490 e. The molecule has 0 unspecified atom stereocenters. The number of anilines is 4. The molecule has 1 aromatic heterocycles. The Hall–Kier alpha value is -4.59. The number of carboxylic acid groups (broad SMARTS) is 1. The molecule has 228 valence electrons. The van der Waals surface area contributed by atoms with E-state index < -0.39 is 12.1 Å². The number of carboxylic acids is 1. The van der Waals surface area contributed by atoms with Gasteiger partial charge < -0.3 is 30.3 Å². The van der Waals surface area contributed by atoms with Crippen molar-refractivity contribution in [2.75, 3.05) is 43.4 Å². The number of halogens is 4. The Kier molecular flexibility index (Phi) is 9.91. The van der Waals surface area contributed by atoms with Crippen LogP contribution in [0.5, 0.6) is 5.75 Å². The monoisotopic (exact) mass is 620 g/mol. The maximum absolute atomic E-state index is 12.8. The van der Waals surface area contributed by atoms with Crippen molar-refractivity contribution in [2.24, 2.45) is 0 Å². The summed E-state index contributed by atoms with van der Waals surface area (Å²) in [6, 6.07) is 13.8. The first-order valence-electron chi connectivity index (χ1n) is 13.1. The Morgan fingerprint density at radius 2 is 1.67 bits per heavy atom. The summed E-state index contributed by atoms with van der Waals surface area (Å²) in [4.78, 5) is 45.5. The summed E-state index contributed by atoms with van der Waals surface area (Å²) in [6.45, 7) is 3.63. The molecule has 2 aliphatic heterocycles. The lowest BCUT2D eigenvalue weighted by atomic mass is 10.0. The highest BCUT2D eigenvalue weighted by Gasteiger charge is 2.38. The number of piperazine rings is 1. The summed E-state index contributed by atoms with van der Waals surface area (Å²) in [5.41, 5.74) is 3.81. The molecule has 15 heteroatoms. The summed E-state index contributed by atoms with van der Waals surface area (Å²) >= 11 is 6.35. The number of benzene rings is 2.